The fraction of sp³-hybridized carbons (Fsp3) is 0.562. The van der Waals surface area contributed by atoms with Crippen LogP contribution < -0.4 is 10.1 Å². The molecule has 0 aromatic carbocycles. The lowest BCUT2D eigenvalue weighted by molar-refractivity contribution is 0.345. The van der Waals surface area contributed by atoms with Gasteiger partial charge in [-0.2, -0.15) is 0 Å². The van der Waals surface area contributed by atoms with Crippen molar-refractivity contribution in [2.24, 2.45) is 0 Å². The summed E-state index contributed by atoms with van der Waals surface area (Å²) in [4.78, 5) is 4.52. The lowest BCUT2D eigenvalue weighted by atomic mass is 10.1. The smallest absolute Gasteiger partial charge is 0.214 e. The molecule has 0 atom stereocenters. The van der Waals surface area contributed by atoms with Crippen molar-refractivity contribution in [2.45, 2.75) is 52.6 Å². The van der Waals surface area contributed by atoms with Crippen LogP contribution in [0, 0.1) is 0 Å². The molecule has 0 saturated heterocycles. The molecule has 1 aromatic heterocycles. The molecule has 1 rings (SSSR count). The first-order valence-electron chi connectivity index (χ1n) is 6.81. The summed E-state index contributed by atoms with van der Waals surface area (Å²) in [6.07, 6.45) is 1.73. The third-order valence-corrected chi connectivity index (χ3v) is 2.64. The van der Waals surface area contributed by atoms with Crippen LogP contribution in [0.2, 0.25) is 0 Å². The third-order valence-electron chi connectivity index (χ3n) is 2.64. The molecule has 0 aliphatic heterocycles. The number of pyridine rings is 1. The Balaban J connectivity index is 2.89. The molecule has 0 unspecified atom stereocenters. The predicted octanol–water partition coefficient (Wildman–Crippen LogP) is 3.66. The van der Waals surface area contributed by atoms with Crippen LogP contribution in [0.1, 0.15) is 51.8 Å². The average Bonchev–Trinajstić information content (AvgIpc) is 2.32. The zero-order valence-electron chi connectivity index (χ0n) is 12.8. The number of nitrogens with zero attached hydrogens (tertiary/aromatic N) is 1. The van der Waals surface area contributed by atoms with Gasteiger partial charge < -0.3 is 10.1 Å². The largest absolute Gasteiger partial charge is 0.473 e. The number of hydrogen-bond acceptors (Lipinski definition) is 3. The van der Waals surface area contributed by atoms with Crippen LogP contribution in [0.4, 0.5) is 0 Å². The van der Waals surface area contributed by atoms with Crippen LogP contribution in [-0.2, 0) is 6.54 Å². The van der Waals surface area contributed by atoms with E-state index in [-0.39, 0.29) is 5.54 Å². The Bertz CT molecular complexity index is 419. The molecule has 0 spiro atoms. The fourth-order valence-corrected chi connectivity index (χ4v) is 1.57. The van der Waals surface area contributed by atoms with Crippen molar-refractivity contribution in [1.29, 1.82) is 0 Å². The standard InChI is InChI=1S/C16H26N2O/c1-7-8-19-15-10-13(11-17-16(4,5)6)9-14(18-15)12(2)3/h7,9-10,12,17H,1,8,11H2,2-6H3. The van der Waals surface area contributed by atoms with Gasteiger partial charge in [0.1, 0.15) is 6.61 Å². The maximum absolute atomic E-state index is 5.56. The Labute approximate surface area is 117 Å². The molecule has 0 fully saturated rings. The molecule has 106 valence electrons. The van der Waals surface area contributed by atoms with Gasteiger partial charge in [-0.3, -0.25) is 0 Å². The molecule has 3 heteroatoms. The van der Waals surface area contributed by atoms with Crippen molar-refractivity contribution in [3.8, 4) is 5.88 Å². The summed E-state index contributed by atoms with van der Waals surface area (Å²) >= 11 is 0. The van der Waals surface area contributed by atoms with Crippen molar-refractivity contribution in [2.75, 3.05) is 6.61 Å². The molecule has 1 heterocycles. The normalized spacial score (nSPS) is 11.7. The van der Waals surface area contributed by atoms with Gasteiger partial charge in [0, 0.05) is 23.8 Å². The van der Waals surface area contributed by atoms with Gasteiger partial charge in [-0.15, -0.1) is 0 Å². The first kappa shape index (κ1) is 15.7. The van der Waals surface area contributed by atoms with Gasteiger partial charge in [0.15, 0.2) is 0 Å². The number of rotatable bonds is 6. The molecule has 0 amide bonds. The van der Waals surface area contributed by atoms with Crippen molar-refractivity contribution < 1.29 is 4.74 Å². The molecule has 0 aliphatic carbocycles. The second-order valence-corrected chi connectivity index (χ2v) is 6.10. The van der Waals surface area contributed by atoms with E-state index in [1.54, 1.807) is 6.08 Å². The van der Waals surface area contributed by atoms with E-state index in [4.69, 9.17) is 4.74 Å². The third kappa shape index (κ3) is 5.88. The van der Waals surface area contributed by atoms with Crippen LogP contribution in [-0.4, -0.2) is 17.1 Å². The highest BCUT2D eigenvalue weighted by Gasteiger charge is 2.11. The first-order chi connectivity index (χ1) is 8.81. The van der Waals surface area contributed by atoms with Gasteiger partial charge in [0.05, 0.1) is 0 Å². The average molecular weight is 262 g/mol. The van der Waals surface area contributed by atoms with Gasteiger partial charge in [-0.1, -0.05) is 26.5 Å². The minimum atomic E-state index is 0.101. The van der Waals surface area contributed by atoms with Crippen molar-refractivity contribution in [3.05, 3.63) is 36.0 Å². The van der Waals surface area contributed by atoms with Crippen LogP contribution in [0.3, 0.4) is 0 Å². The van der Waals surface area contributed by atoms with Gasteiger partial charge in [-0.05, 0) is 38.3 Å². The molecule has 3 nitrogen and oxygen atoms in total. The van der Waals surface area contributed by atoms with E-state index < -0.39 is 0 Å². The van der Waals surface area contributed by atoms with Crippen molar-refractivity contribution >= 4 is 0 Å². The highest BCUT2D eigenvalue weighted by Crippen LogP contribution is 2.19. The number of hydrogen-bond donors (Lipinski definition) is 1. The number of nitrogens with one attached hydrogen (secondary N) is 1. The maximum atomic E-state index is 5.56. The molecule has 0 bridgehead atoms. The quantitative estimate of drug-likeness (QED) is 0.794. The SMILES string of the molecule is C=CCOc1cc(CNC(C)(C)C)cc(C(C)C)n1. The minimum absolute atomic E-state index is 0.101. The van der Waals surface area contributed by atoms with E-state index in [0.717, 1.165) is 12.2 Å². The van der Waals surface area contributed by atoms with Crippen LogP contribution in [0.15, 0.2) is 24.8 Å². The molecular formula is C16H26N2O. The molecule has 19 heavy (non-hydrogen) atoms. The Morgan fingerprint density at radius 3 is 2.58 bits per heavy atom. The van der Waals surface area contributed by atoms with E-state index in [1.807, 2.05) is 6.07 Å². The summed E-state index contributed by atoms with van der Waals surface area (Å²) in [5, 5.41) is 3.48. The van der Waals surface area contributed by atoms with Crippen LogP contribution in [0.25, 0.3) is 0 Å². The maximum Gasteiger partial charge on any atom is 0.214 e. The summed E-state index contributed by atoms with van der Waals surface area (Å²) in [7, 11) is 0. The highest BCUT2D eigenvalue weighted by molar-refractivity contribution is 5.27. The number of ether oxygens (including phenoxy) is 1. The summed E-state index contributed by atoms with van der Waals surface area (Å²) < 4.78 is 5.56. The lowest BCUT2D eigenvalue weighted by Crippen LogP contribution is -2.35. The van der Waals surface area contributed by atoms with Gasteiger partial charge in [-0.25, -0.2) is 4.98 Å². The van der Waals surface area contributed by atoms with E-state index in [0.29, 0.717) is 18.4 Å². The minimum Gasteiger partial charge on any atom is -0.473 e. The molecule has 0 aliphatic rings. The van der Waals surface area contributed by atoms with Gasteiger partial charge >= 0.3 is 0 Å². The Kier molecular flexibility index (Phi) is 5.55. The summed E-state index contributed by atoms with van der Waals surface area (Å²) in [6.45, 7) is 15.7. The predicted molar refractivity (Wildman–Crippen MR) is 80.6 cm³/mol. The van der Waals surface area contributed by atoms with Gasteiger partial charge in [0.2, 0.25) is 5.88 Å². The summed E-state index contributed by atoms with van der Waals surface area (Å²) in [5.41, 5.74) is 2.36. The lowest BCUT2D eigenvalue weighted by Gasteiger charge is -2.21. The van der Waals surface area contributed by atoms with Crippen molar-refractivity contribution in [1.82, 2.24) is 10.3 Å². The van der Waals surface area contributed by atoms with Crippen molar-refractivity contribution in [3.63, 3.8) is 0 Å². The Morgan fingerprint density at radius 1 is 1.37 bits per heavy atom. The number of aromatic nitrogens is 1. The fourth-order valence-electron chi connectivity index (χ4n) is 1.57. The van der Waals surface area contributed by atoms with Gasteiger partial charge in [0.25, 0.3) is 0 Å². The summed E-state index contributed by atoms with van der Waals surface area (Å²) in [5.74, 6) is 1.07. The summed E-state index contributed by atoms with van der Waals surface area (Å²) in [6, 6.07) is 4.14. The van der Waals surface area contributed by atoms with E-state index in [9.17, 15) is 0 Å². The van der Waals surface area contributed by atoms with Crippen LogP contribution >= 0.6 is 0 Å². The second-order valence-electron chi connectivity index (χ2n) is 6.10. The highest BCUT2D eigenvalue weighted by atomic mass is 16.5. The Hall–Kier alpha value is -1.35. The topological polar surface area (TPSA) is 34.1 Å². The van der Waals surface area contributed by atoms with E-state index >= 15 is 0 Å². The molecule has 1 N–H and O–H groups in total. The molecule has 1 aromatic rings. The first-order valence-corrected chi connectivity index (χ1v) is 6.81. The van der Waals surface area contributed by atoms with Crippen LogP contribution in [0.5, 0.6) is 5.88 Å². The molecular weight excluding hydrogens is 236 g/mol. The molecule has 0 saturated carbocycles. The Morgan fingerprint density at radius 2 is 2.05 bits per heavy atom. The van der Waals surface area contributed by atoms with E-state index in [2.05, 4.69) is 57.6 Å². The molecule has 0 radical (unpaired) electrons. The zero-order valence-corrected chi connectivity index (χ0v) is 12.8. The monoisotopic (exact) mass is 262 g/mol. The second kappa shape index (κ2) is 6.71. The van der Waals surface area contributed by atoms with E-state index in [1.165, 1.54) is 5.56 Å². The zero-order chi connectivity index (χ0) is 14.5.